The summed E-state index contributed by atoms with van der Waals surface area (Å²) in [4.78, 5) is 0.264. The van der Waals surface area contributed by atoms with Gasteiger partial charge in [-0.05, 0) is 33.7 Å². The Labute approximate surface area is 109 Å². The second-order valence-electron chi connectivity index (χ2n) is 4.58. The van der Waals surface area contributed by atoms with Gasteiger partial charge in [0, 0.05) is 12.6 Å². The lowest BCUT2D eigenvalue weighted by Crippen LogP contribution is -2.31. The lowest BCUT2D eigenvalue weighted by Gasteiger charge is -2.10. The van der Waals surface area contributed by atoms with Crippen LogP contribution in [-0.4, -0.2) is 31.2 Å². The first kappa shape index (κ1) is 15.1. The summed E-state index contributed by atoms with van der Waals surface area (Å²) in [7, 11) is -3.50. The molecule has 7 heteroatoms. The predicted octanol–water partition coefficient (Wildman–Crippen LogP) is 0.904. The van der Waals surface area contributed by atoms with E-state index >= 15 is 0 Å². The molecule has 0 amide bonds. The Kier molecular flexibility index (Phi) is 5.30. The molecule has 0 radical (unpaired) electrons. The SMILES string of the molecule is CCCNCc1n[nH]c(C)c1S(=O)(=O)NC(C)C. The molecule has 0 fully saturated rings. The van der Waals surface area contributed by atoms with Crippen LogP contribution < -0.4 is 10.0 Å². The molecule has 1 aromatic rings. The van der Waals surface area contributed by atoms with Gasteiger partial charge in [0.05, 0.1) is 11.4 Å². The van der Waals surface area contributed by atoms with Gasteiger partial charge in [0.2, 0.25) is 10.0 Å². The first-order valence-corrected chi connectivity index (χ1v) is 7.63. The molecule has 0 unspecified atom stereocenters. The number of aromatic amines is 1. The van der Waals surface area contributed by atoms with Crippen molar-refractivity contribution < 1.29 is 8.42 Å². The molecule has 6 nitrogen and oxygen atoms in total. The zero-order chi connectivity index (χ0) is 13.8. The highest BCUT2D eigenvalue weighted by Gasteiger charge is 2.24. The second kappa shape index (κ2) is 6.31. The van der Waals surface area contributed by atoms with Crippen LogP contribution in [0, 0.1) is 6.92 Å². The van der Waals surface area contributed by atoms with Crippen LogP contribution in [-0.2, 0) is 16.6 Å². The van der Waals surface area contributed by atoms with Crippen LogP contribution in [0.4, 0.5) is 0 Å². The zero-order valence-electron chi connectivity index (χ0n) is 11.4. The molecule has 1 rings (SSSR count). The minimum absolute atomic E-state index is 0.138. The molecular formula is C11H22N4O2S. The van der Waals surface area contributed by atoms with Gasteiger partial charge in [-0.2, -0.15) is 5.10 Å². The van der Waals surface area contributed by atoms with E-state index in [4.69, 9.17) is 0 Å². The van der Waals surface area contributed by atoms with Crippen molar-refractivity contribution in [3.05, 3.63) is 11.4 Å². The van der Waals surface area contributed by atoms with Gasteiger partial charge in [0.1, 0.15) is 4.90 Å². The molecule has 0 aliphatic rings. The summed E-state index contributed by atoms with van der Waals surface area (Å²) in [6.07, 6.45) is 0.996. The minimum Gasteiger partial charge on any atom is -0.311 e. The number of sulfonamides is 1. The normalized spacial score (nSPS) is 12.3. The van der Waals surface area contributed by atoms with Crippen molar-refractivity contribution in [2.75, 3.05) is 6.54 Å². The molecule has 18 heavy (non-hydrogen) atoms. The molecule has 0 spiro atoms. The van der Waals surface area contributed by atoms with Crippen molar-refractivity contribution in [3.8, 4) is 0 Å². The summed E-state index contributed by atoms with van der Waals surface area (Å²) < 4.78 is 26.9. The minimum atomic E-state index is -3.50. The van der Waals surface area contributed by atoms with Gasteiger partial charge < -0.3 is 5.32 Å². The second-order valence-corrected chi connectivity index (χ2v) is 6.23. The van der Waals surface area contributed by atoms with Gasteiger partial charge >= 0.3 is 0 Å². The molecule has 3 N–H and O–H groups in total. The lowest BCUT2D eigenvalue weighted by atomic mass is 10.3. The monoisotopic (exact) mass is 274 g/mol. The summed E-state index contributed by atoms with van der Waals surface area (Å²) in [5.41, 5.74) is 1.10. The van der Waals surface area contributed by atoms with E-state index in [1.807, 2.05) is 0 Å². The van der Waals surface area contributed by atoms with Gasteiger partial charge in [0.15, 0.2) is 0 Å². The lowest BCUT2D eigenvalue weighted by molar-refractivity contribution is 0.566. The Morgan fingerprint density at radius 2 is 2.06 bits per heavy atom. The van der Waals surface area contributed by atoms with Crippen molar-refractivity contribution in [1.29, 1.82) is 0 Å². The van der Waals surface area contributed by atoms with Crippen LogP contribution in [0.3, 0.4) is 0 Å². The molecule has 0 saturated heterocycles. The molecule has 1 aromatic heterocycles. The van der Waals surface area contributed by atoms with E-state index in [9.17, 15) is 8.42 Å². The fourth-order valence-corrected chi connectivity index (χ4v) is 3.31. The van der Waals surface area contributed by atoms with E-state index in [1.165, 1.54) is 0 Å². The van der Waals surface area contributed by atoms with Crippen LogP contribution in [0.25, 0.3) is 0 Å². The first-order chi connectivity index (χ1) is 8.38. The molecule has 0 saturated carbocycles. The molecule has 0 aromatic carbocycles. The van der Waals surface area contributed by atoms with Gasteiger partial charge in [-0.1, -0.05) is 6.92 Å². The number of aromatic nitrogens is 2. The number of hydrogen-bond acceptors (Lipinski definition) is 4. The molecule has 0 aliphatic carbocycles. The Bertz CT molecular complexity index is 479. The summed E-state index contributed by atoms with van der Waals surface area (Å²) in [6.45, 7) is 8.64. The number of aryl methyl sites for hydroxylation is 1. The summed E-state index contributed by atoms with van der Waals surface area (Å²) in [5, 5.41) is 9.94. The van der Waals surface area contributed by atoms with Gasteiger partial charge in [-0.15, -0.1) is 0 Å². The topological polar surface area (TPSA) is 86.9 Å². The fourth-order valence-electron chi connectivity index (χ4n) is 1.70. The predicted molar refractivity (Wildman–Crippen MR) is 70.8 cm³/mol. The van der Waals surface area contributed by atoms with E-state index < -0.39 is 10.0 Å². The maximum absolute atomic E-state index is 12.2. The molecule has 104 valence electrons. The Balaban J connectivity index is 2.96. The molecule has 0 atom stereocenters. The fraction of sp³-hybridized carbons (Fsp3) is 0.727. The maximum Gasteiger partial charge on any atom is 0.244 e. The third-order valence-corrected chi connectivity index (χ3v) is 4.20. The van der Waals surface area contributed by atoms with Crippen LogP contribution in [0.5, 0.6) is 0 Å². The third-order valence-electron chi connectivity index (χ3n) is 2.34. The largest absolute Gasteiger partial charge is 0.311 e. The highest BCUT2D eigenvalue weighted by Crippen LogP contribution is 2.17. The third kappa shape index (κ3) is 3.79. The van der Waals surface area contributed by atoms with E-state index in [-0.39, 0.29) is 10.9 Å². The van der Waals surface area contributed by atoms with Crippen molar-refractivity contribution in [1.82, 2.24) is 20.2 Å². The summed E-state index contributed by atoms with van der Waals surface area (Å²) >= 11 is 0. The number of hydrogen-bond donors (Lipinski definition) is 3. The number of nitrogens with zero attached hydrogens (tertiary/aromatic N) is 1. The number of rotatable bonds is 7. The highest BCUT2D eigenvalue weighted by molar-refractivity contribution is 7.89. The number of H-pyrrole nitrogens is 1. The Morgan fingerprint density at radius 1 is 1.39 bits per heavy atom. The Morgan fingerprint density at radius 3 is 2.61 bits per heavy atom. The van der Waals surface area contributed by atoms with Crippen molar-refractivity contribution in [2.45, 2.75) is 51.6 Å². The van der Waals surface area contributed by atoms with E-state index in [0.717, 1.165) is 13.0 Å². The number of nitrogens with one attached hydrogen (secondary N) is 3. The van der Waals surface area contributed by atoms with E-state index in [2.05, 4.69) is 27.2 Å². The summed E-state index contributed by atoms with van der Waals surface area (Å²) in [6, 6.07) is -0.138. The maximum atomic E-state index is 12.2. The Hall–Kier alpha value is -0.920. The smallest absolute Gasteiger partial charge is 0.244 e. The van der Waals surface area contributed by atoms with Crippen LogP contribution in [0.15, 0.2) is 4.90 Å². The van der Waals surface area contributed by atoms with Crippen molar-refractivity contribution >= 4 is 10.0 Å². The zero-order valence-corrected chi connectivity index (χ0v) is 12.2. The first-order valence-electron chi connectivity index (χ1n) is 6.15. The van der Waals surface area contributed by atoms with Gasteiger partial charge in [-0.3, -0.25) is 5.10 Å². The standard InChI is InChI=1S/C11H22N4O2S/c1-5-6-12-7-10-11(9(4)13-14-10)18(16,17)15-8(2)3/h8,12,15H,5-7H2,1-4H3,(H,13,14). The molecule has 1 heterocycles. The van der Waals surface area contributed by atoms with Crippen LogP contribution in [0.2, 0.25) is 0 Å². The average Bonchev–Trinajstić information content (AvgIpc) is 2.59. The van der Waals surface area contributed by atoms with Crippen LogP contribution in [0.1, 0.15) is 38.6 Å². The summed E-state index contributed by atoms with van der Waals surface area (Å²) in [5.74, 6) is 0. The van der Waals surface area contributed by atoms with Crippen molar-refractivity contribution in [2.24, 2.45) is 0 Å². The molecule has 0 bridgehead atoms. The van der Waals surface area contributed by atoms with Crippen molar-refractivity contribution in [3.63, 3.8) is 0 Å². The van der Waals surface area contributed by atoms with Gasteiger partial charge in [0.25, 0.3) is 0 Å². The molecular weight excluding hydrogens is 252 g/mol. The van der Waals surface area contributed by atoms with E-state index in [1.54, 1.807) is 20.8 Å². The van der Waals surface area contributed by atoms with E-state index in [0.29, 0.717) is 17.9 Å². The van der Waals surface area contributed by atoms with Crippen LogP contribution >= 0.6 is 0 Å². The average molecular weight is 274 g/mol. The van der Waals surface area contributed by atoms with Gasteiger partial charge in [-0.25, -0.2) is 13.1 Å². The highest BCUT2D eigenvalue weighted by atomic mass is 32.2. The quantitative estimate of drug-likeness (QED) is 0.645. The molecule has 0 aliphatic heterocycles.